The topological polar surface area (TPSA) is 55.6 Å². The Kier molecular flexibility index (Phi) is 5.47. The molecular weight excluding hydrogens is 288 g/mol. The molecule has 0 radical (unpaired) electrons. The molecule has 1 atom stereocenters. The largest absolute Gasteiger partial charge is 0.380 e. The third kappa shape index (κ3) is 3.89. The van der Waals surface area contributed by atoms with Gasteiger partial charge in [-0.3, -0.25) is 10.1 Å². The number of ether oxygens (including phenoxy) is 1. The van der Waals surface area contributed by atoms with Crippen LogP contribution in [-0.2, 0) is 11.3 Å². The number of benzene rings is 1. The number of hydrogen-bond acceptors (Lipinski definition) is 5. The molecule has 1 aliphatic heterocycles. The Labute approximate surface area is 129 Å². The lowest BCUT2D eigenvalue weighted by molar-refractivity contribution is -0.384. The van der Waals surface area contributed by atoms with Crippen LogP contribution in [-0.4, -0.2) is 36.1 Å². The molecule has 0 N–H and O–H groups in total. The first kappa shape index (κ1) is 16.1. The van der Waals surface area contributed by atoms with Gasteiger partial charge in [0, 0.05) is 54.6 Å². The summed E-state index contributed by atoms with van der Waals surface area (Å²) < 4.78 is 5.21. The van der Waals surface area contributed by atoms with E-state index in [0.717, 1.165) is 30.1 Å². The summed E-state index contributed by atoms with van der Waals surface area (Å²) in [5.41, 5.74) is 2.08. The second-order valence-corrected chi connectivity index (χ2v) is 6.95. The summed E-state index contributed by atoms with van der Waals surface area (Å²) in [7, 11) is 1.62. The summed E-state index contributed by atoms with van der Waals surface area (Å²) in [6, 6.07) is 5.07. The minimum atomic E-state index is -0.355. The van der Waals surface area contributed by atoms with Gasteiger partial charge in [0.05, 0.1) is 11.5 Å². The summed E-state index contributed by atoms with van der Waals surface area (Å²) in [5, 5.41) is 11.5. The molecule has 6 heteroatoms. The number of rotatable bonds is 5. The summed E-state index contributed by atoms with van der Waals surface area (Å²) in [6.45, 7) is 6.84. The maximum Gasteiger partial charge on any atom is 0.269 e. The van der Waals surface area contributed by atoms with E-state index in [-0.39, 0.29) is 10.6 Å². The molecule has 0 saturated carbocycles. The average Bonchev–Trinajstić information content (AvgIpc) is 2.47. The molecule has 1 unspecified atom stereocenters. The molecule has 116 valence electrons. The van der Waals surface area contributed by atoms with Crippen molar-refractivity contribution < 1.29 is 9.66 Å². The number of non-ortho nitro benzene ring substituents is 1. The second-order valence-electron chi connectivity index (χ2n) is 5.60. The van der Waals surface area contributed by atoms with E-state index in [4.69, 9.17) is 4.74 Å². The van der Waals surface area contributed by atoms with E-state index >= 15 is 0 Å². The van der Waals surface area contributed by atoms with E-state index in [1.165, 1.54) is 0 Å². The van der Waals surface area contributed by atoms with Crippen molar-refractivity contribution in [2.45, 2.75) is 25.7 Å². The number of nitrogens with zero attached hydrogens (tertiary/aromatic N) is 2. The highest BCUT2D eigenvalue weighted by Gasteiger charge is 2.25. The molecular formula is C15H22N2O3S. The van der Waals surface area contributed by atoms with Crippen molar-refractivity contribution in [3.05, 3.63) is 33.9 Å². The highest BCUT2D eigenvalue weighted by atomic mass is 32.2. The first-order valence-electron chi connectivity index (χ1n) is 7.15. The number of anilines is 1. The minimum absolute atomic E-state index is 0.123. The Morgan fingerprint density at radius 3 is 2.90 bits per heavy atom. The molecule has 0 amide bonds. The van der Waals surface area contributed by atoms with Crippen molar-refractivity contribution in [2.75, 3.05) is 30.9 Å². The van der Waals surface area contributed by atoms with Gasteiger partial charge in [0.25, 0.3) is 5.69 Å². The Morgan fingerprint density at radius 1 is 1.52 bits per heavy atom. The molecule has 1 saturated heterocycles. The number of hydrogen-bond donors (Lipinski definition) is 0. The molecule has 0 spiro atoms. The standard InChI is InChI=1S/C15H22N2O3S/c1-11(2)15-9-16(6-7-21-15)14-5-4-13(17(18)19)8-12(14)10-20-3/h4-5,8,11,15H,6-7,9-10H2,1-3H3. The van der Waals surface area contributed by atoms with Crippen molar-refractivity contribution in [3.8, 4) is 0 Å². The van der Waals surface area contributed by atoms with Gasteiger partial charge in [-0.1, -0.05) is 13.8 Å². The van der Waals surface area contributed by atoms with Gasteiger partial charge in [0.2, 0.25) is 0 Å². The number of thioether (sulfide) groups is 1. The zero-order valence-corrected chi connectivity index (χ0v) is 13.6. The van der Waals surface area contributed by atoms with Gasteiger partial charge in [-0.15, -0.1) is 0 Å². The van der Waals surface area contributed by atoms with Crippen molar-refractivity contribution in [3.63, 3.8) is 0 Å². The van der Waals surface area contributed by atoms with Crippen LogP contribution in [0.15, 0.2) is 18.2 Å². The molecule has 1 heterocycles. The molecule has 21 heavy (non-hydrogen) atoms. The lowest BCUT2D eigenvalue weighted by Gasteiger charge is -2.36. The molecule has 2 rings (SSSR count). The van der Waals surface area contributed by atoms with Gasteiger partial charge >= 0.3 is 0 Å². The zero-order chi connectivity index (χ0) is 15.4. The first-order chi connectivity index (χ1) is 10.0. The second kappa shape index (κ2) is 7.13. The summed E-state index contributed by atoms with van der Waals surface area (Å²) in [5.74, 6) is 1.72. The highest BCUT2D eigenvalue weighted by molar-refractivity contribution is 8.00. The zero-order valence-electron chi connectivity index (χ0n) is 12.7. The third-order valence-electron chi connectivity index (χ3n) is 3.75. The Hall–Kier alpha value is -1.27. The van der Waals surface area contributed by atoms with Crippen LogP contribution in [0.4, 0.5) is 11.4 Å². The quantitative estimate of drug-likeness (QED) is 0.617. The maximum atomic E-state index is 10.9. The van der Waals surface area contributed by atoms with Crippen LogP contribution >= 0.6 is 11.8 Å². The Bertz CT molecular complexity index is 508. The summed E-state index contributed by atoms with van der Waals surface area (Å²) in [6.07, 6.45) is 0. The molecule has 0 aromatic heterocycles. The van der Waals surface area contributed by atoms with Crippen molar-refractivity contribution in [2.24, 2.45) is 5.92 Å². The number of methoxy groups -OCH3 is 1. The summed E-state index contributed by atoms with van der Waals surface area (Å²) in [4.78, 5) is 12.9. The van der Waals surface area contributed by atoms with E-state index in [0.29, 0.717) is 17.8 Å². The fourth-order valence-corrected chi connectivity index (χ4v) is 3.86. The van der Waals surface area contributed by atoms with Crippen LogP contribution in [0.1, 0.15) is 19.4 Å². The third-order valence-corrected chi connectivity index (χ3v) is 5.29. The molecule has 1 aliphatic rings. The molecule has 1 fully saturated rings. The van der Waals surface area contributed by atoms with Crippen LogP contribution in [0.2, 0.25) is 0 Å². The molecule has 0 aliphatic carbocycles. The van der Waals surface area contributed by atoms with E-state index in [1.54, 1.807) is 19.2 Å². The smallest absolute Gasteiger partial charge is 0.269 e. The van der Waals surface area contributed by atoms with Crippen LogP contribution in [0.25, 0.3) is 0 Å². The van der Waals surface area contributed by atoms with Crippen LogP contribution in [0, 0.1) is 16.0 Å². The molecule has 5 nitrogen and oxygen atoms in total. The van der Waals surface area contributed by atoms with Gasteiger partial charge in [0.15, 0.2) is 0 Å². The number of nitro benzene ring substituents is 1. The Morgan fingerprint density at radius 2 is 2.29 bits per heavy atom. The lowest BCUT2D eigenvalue weighted by Crippen LogP contribution is -2.40. The van der Waals surface area contributed by atoms with E-state index in [2.05, 4.69) is 18.7 Å². The fourth-order valence-electron chi connectivity index (χ4n) is 2.56. The molecule has 1 aromatic carbocycles. The summed E-state index contributed by atoms with van der Waals surface area (Å²) >= 11 is 2.02. The van der Waals surface area contributed by atoms with Gasteiger partial charge < -0.3 is 9.64 Å². The lowest BCUT2D eigenvalue weighted by atomic mass is 10.1. The van der Waals surface area contributed by atoms with Gasteiger partial charge in [-0.05, 0) is 12.0 Å². The maximum absolute atomic E-state index is 10.9. The normalized spacial score (nSPS) is 19.0. The van der Waals surface area contributed by atoms with E-state index in [9.17, 15) is 10.1 Å². The van der Waals surface area contributed by atoms with Gasteiger partial charge in [0.1, 0.15) is 0 Å². The van der Waals surface area contributed by atoms with Crippen LogP contribution in [0.3, 0.4) is 0 Å². The Balaban J connectivity index is 2.27. The van der Waals surface area contributed by atoms with Crippen molar-refractivity contribution >= 4 is 23.1 Å². The fraction of sp³-hybridized carbons (Fsp3) is 0.600. The van der Waals surface area contributed by atoms with Crippen LogP contribution < -0.4 is 4.90 Å². The van der Waals surface area contributed by atoms with E-state index in [1.807, 2.05) is 17.8 Å². The highest BCUT2D eigenvalue weighted by Crippen LogP contribution is 2.32. The number of nitro groups is 1. The van der Waals surface area contributed by atoms with Gasteiger partial charge in [-0.25, -0.2) is 0 Å². The van der Waals surface area contributed by atoms with E-state index < -0.39 is 0 Å². The van der Waals surface area contributed by atoms with Crippen LogP contribution in [0.5, 0.6) is 0 Å². The van der Waals surface area contributed by atoms with Crippen molar-refractivity contribution in [1.29, 1.82) is 0 Å². The van der Waals surface area contributed by atoms with Gasteiger partial charge in [-0.2, -0.15) is 11.8 Å². The molecule has 0 bridgehead atoms. The molecule has 1 aromatic rings. The first-order valence-corrected chi connectivity index (χ1v) is 8.20. The predicted octanol–water partition coefficient (Wildman–Crippen LogP) is 3.32. The minimum Gasteiger partial charge on any atom is -0.380 e. The SMILES string of the molecule is COCc1cc([N+](=O)[O-])ccc1N1CCSC(C(C)C)C1. The average molecular weight is 310 g/mol. The van der Waals surface area contributed by atoms with Crippen molar-refractivity contribution in [1.82, 2.24) is 0 Å². The predicted molar refractivity (Wildman–Crippen MR) is 87.1 cm³/mol. The monoisotopic (exact) mass is 310 g/mol.